The van der Waals surface area contributed by atoms with Gasteiger partial charge in [-0.25, -0.2) is 0 Å². The number of esters is 1. The summed E-state index contributed by atoms with van der Waals surface area (Å²) in [5.74, 6) is -0.233. The number of carbonyl (C=O) groups excluding carboxylic acids is 2. The Bertz CT molecular complexity index is 507. The van der Waals surface area contributed by atoms with Crippen LogP contribution in [0.1, 0.15) is 37.1 Å². The minimum absolute atomic E-state index is 0.0426. The predicted octanol–water partition coefficient (Wildman–Crippen LogP) is 2.92. The van der Waals surface area contributed by atoms with Gasteiger partial charge in [0.15, 0.2) is 0 Å². The average Bonchev–Trinajstić information content (AvgIpc) is 2.99. The zero-order chi connectivity index (χ0) is 14.5. The molecule has 2 rings (SSSR count). The van der Waals surface area contributed by atoms with Crippen LogP contribution in [-0.2, 0) is 14.3 Å². The van der Waals surface area contributed by atoms with Crippen LogP contribution in [0.25, 0.3) is 0 Å². The highest BCUT2D eigenvalue weighted by Crippen LogP contribution is 2.29. The van der Waals surface area contributed by atoms with Gasteiger partial charge in [-0.2, -0.15) is 0 Å². The topological polar surface area (TPSA) is 46.6 Å². The monoisotopic (exact) mass is 293 g/mol. The quantitative estimate of drug-likeness (QED) is 0.784. The first-order valence-electron chi connectivity index (χ1n) is 6.73. The second-order valence-corrected chi connectivity index (χ2v) is 5.76. The number of hydrogen-bond acceptors (Lipinski definition) is 4. The van der Waals surface area contributed by atoms with Crippen LogP contribution in [0.2, 0.25) is 0 Å². The third kappa shape index (κ3) is 3.28. The lowest BCUT2D eigenvalue weighted by atomic mass is 10.0. The van der Waals surface area contributed by atoms with Crippen LogP contribution in [0.5, 0.6) is 0 Å². The van der Waals surface area contributed by atoms with Crippen molar-refractivity contribution < 1.29 is 14.3 Å². The molecule has 0 bridgehead atoms. The van der Waals surface area contributed by atoms with Crippen LogP contribution in [-0.4, -0.2) is 30.4 Å². The van der Waals surface area contributed by atoms with Gasteiger partial charge in [0.25, 0.3) is 0 Å². The number of nitrogens with zero attached hydrogens (tertiary/aromatic N) is 1. The summed E-state index contributed by atoms with van der Waals surface area (Å²) in [6.07, 6.45) is 3.51. The molecule has 4 nitrogen and oxygen atoms in total. The van der Waals surface area contributed by atoms with Crippen molar-refractivity contribution in [1.82, 2.24) is 4.90 Å². The Morgan fingerprint density at radius 3 is 3.00 bits per heavy atom. The van der Waals surface area contributed by atoms with Gasteiger partial charge in [-0.05, 0) is 31.2 Å². The number of ether oxygens (including phenoxy) is 1. The number of thiophene rings is 1. The first-order chi connectivity index (χ1) is 9.63. The smallest absolute Gasteiger partial charge is 0.305 e. The summed E-state index contributed by atoms with van der Waals surface area (Å²) in [6.45, 7) is 2.78. The molecule has 20 heavy (non-hydrogen) atoms. The lowest BCUT2D eigenvalue weighted by Gasteiger charge is -2.32. The first-order valence-corrected chi connectivity index (χ1v) is 7.61. The Morgan fingerprint density at radius 1 is 1.55 bits per heavy atom. The molecule has 0 spiro atoms. The SMILES string of the molecule is COC(=O)CCC1=CCCN(C(C)c2cccs2)C1=O. The van der Waals surface area contributed by atoms with E-state index in [2.05, 4.69) is 10.8 Å². The van der Waals surface area contributed by atoms with Crippen LogP contribution < -0.4 is 0 Å². The largest absolute Gasteiger partial charge is 0.469 e. The van der Waals surface area contributed by atoms with Crippen LogP contribution >= 0.6 is 11.3 Å². The Labute approximate surface area is 123 Å². The molecule has 1 atom stereocenters. The van der Waals surface area contributed by atoms with Crippen LogP contribution in [0.15, 0.2) is 29.2 Å². The third-order valence-corrected chi connectivity index (χ3v) is 4.59. The van der Waals surface area contributed by atoms with Gasteiger partial charge in [-0.3, -0.25) is 9.59 Å². The number of amides is 1. The predicted molar refractivity (Wildman–Crippen MR) is 78.4 cm³/mol. The maximum Gasteiger partial charge on any atom is 0.305 e. The fourth-order valence-corrected chi connectivity index (χ4v) is 3.15. The van der Waals surface area contributed by atoms with Gasteiger partial charge in [-0.1, -0.05) is 12.1 Å². The van der Waals surface area contributed by atoms with E-state index < -0.39 is 0 Å². The van der Waals surface area contributed by atoms with E-state index in [0.717, 1.165) is 18.5 Å². The lowest BCUT2D eigenvalue weighted by molar-refractivity contribution is -0.140. The number of hydrogen-bond donors (Lipinski definition) is 0. The van der Waals surface area contributed by atoms with E-state index in [9.17, 15) is 9.59 Å². The number of rotatable bonds is 5. The van der Waals surface area contributed by atoms with Crippen LogP contribution in [0, 0.1) is 0 Å². The number of carbonyl (C=O) groups is 2. The van der Waals surface area contributed by atoms with Crippen molar-refractivity contribution in [3.8, 4) is 0 Å². The Morgan fingerprint density at radius 2 is 2.35 bits per heavy atom. The van der Waals surface area contributed by atoms with Gasteiger partial charge in [-0.15, -0.1) is 11.3 Å². The highest BCUT2D eigenvalue weighted by Gasteiger charge is 2.27. The third-order valence-electron chi connectivity index (χ3n) is 3.54. The van der Waals surface area contributed by atoms with Crippen LogP contribution in [0.4, 0.5) is 0 Å². The lowest BCUT2D eigenvalue weighted by Crippen LogP contribution is -2.37. The van der Waals surface area contributed by atoms with E-state index in [1.165, 1.54) is 12.0 Å². The highest BCUT2D eigenvalue weighted by atomic mass is 32.1. The summed E-state index contributed by atoms with van der Waals surface area (Å²) >= 11 is 1.66. The number of methoxy groups -OCH3 is 1. The molecule has 0 saturated carbocycles. The molecule has 0 fully saturated rings. The molecule has 0 aliphatic carbocycles. The minimum Gasteiger partial charge on any atom is -0.469 e. The summed E-state index contributed by atoms with van der Waals surface area (Å²) in [6, 6.07) is 4.14. The second-order valence-electron chi connectivity index (χ2n) is 4.78. The van der Waals surface area contributed by atoms with Gasteiger partial charge < -0.3 is 9.64 Å². The van der Waals surface area contributed by atoms with E-state index >= 15 is 0 Å². The van der Waals surface area contributed by atoms with Crippen molar-refractivity contribution >= 4 is 23.2 Å². The van der Waals surface area contributed by atoms with Crippen molar-refractivity contribution in [1.29, 1.82) is 0 Å². The molecular formula is C15H19NO3S. The van der Waals surface area contributed by atoms with Gasteiger partial charge in [0.1, 0.15) is 0 Å². The van der Waals surface area contributed by atoms with Crippen molar-refractivity contribution in [2.45, 2.75) is 32.2 Å². The van der Waals surface area contributed by atoms with Crippen molar-refractivity contribution in [2.75, 3.05) is 13.7 Å². The van der Waals surface area contributed by atoms with Crippen LogP contribution in [0.3, 0.4) is 0 Å². The molecule has 1 aromatic rings. The maximum absolute atomic E-state index is 12.5. The molecule has 1 aliphatic rings. The van der Waals surface area contributed by atoms with E-state index in [0.29, 0.717) is 6.42 Å². The Balaban J connectivity index is 2.02. The van der Waals surface area contributed by atoms with Gasteiger partial charge in [0.2, 0.25) is 5.91 Å². The molecule has 1 aromatic heterocycles. The van der Waals surface area contributed by atoms with E-state index in [4.69, 9.17) is 0 Å². The van der Waals surface area contributed by atoms with Gasteiger partial charge in [0.05, 0.1) is 13.2 Å². The zero-order valence-corrected chi connectivity index (χ0v) is 12.6. The average molecular weight is 293 g/mol. The Hall–Kier alpha value is -1.62. The standard InChI is InChI=1S/C15H19NO3S/c1-11(13-6-4-10-20-13)16-9-3-5-12(15(16)18)7-8-14(17)19-2/h4-6,10-11H,3,7-9H2,1-2H3. The molecule has 5 heteroatoms. The normalized spacial score (nSPS) is 16.8. The molecule has 1 aliphatic heterocycles. The second kappa shape index (κ2) is 6.70. The molecule has 0 radical (unpaired) electrons. The van der Waals surface area contributed by atoms with E-state index in [1.54, 1.807) is 11.3 Å². The molecule has 1 amide bonds. The highest BCUT2D eigenvalue weighted by molar-refractivity contribution is 7.10. The maximum atomic E-state index is 12.5. The summed E-state index contributed by atoms with van der Waals surface area (Å²) in [7, 11) is 1.37. The molecular weight excluding hydrogens is 274 g/mol. The van der Waals surface area contributed by atoms with Crippen molar-refractivity contribution in [3.05, 3.63) is 34.0 Å². The fraction of sp³-hybridized carbons (Fsp3) is 0.467. The molecule has 0 aromatic carbocycles. The van der Waals surface area contributed by atoms with E-state index in [1.807, 2.05) is 29.3 Å². The molecule has 1 unspecified atom stereocenters. The van der Waals surface area contributed by atoms with Crippen molar-refractivity contribution in [3.63, 3.8) is 0 Å². The minimum atomic E-state index is -0.276. The van der Waals surface area contributed by atoms with Gasteiger partial charge >= 0.3 is 5.97 Å². The molecule has 2 heterocycles. The van der Waals surface area contributed by atoms with Crippen molar-refractivity contribution in [2.24, 2.45) is 0 Å². The summed E-state index contributed by atoms with van der Waals surface area (Å²) < 4.78 is 4.62. The summed E-state index contributed by atoms with van der Waals surface area (Å²) in [5, 5.41) is 2.02. The Kier molecular flexibility index (Phi) is 4.95. The molecule has 0 saturated heterocycles. The summed E-state index contributed by atoms with van der Waals surface area (Å²) in [5.41, 5.74) is 0.727. The first kappa shape index (κ1) is 14.8. The zero-order valence-electron chi connectivity index (χ0n) is 11.8. The van der Waals surface area contributed by atoms with E-state index in [-0.39, 0.29) is 24.3 Å². The molecule has 0 N–H and O–H groups in total. The van der Waals surface area contributed by atoms with Gasteiger partial charge in [0, 0.05) is 23.4 Å². The summed E-state index contributed by atoms with van der Waals surface area (Å²) in [4.78, 5) is 26.7. The fourth-order valence-electron chi connectivity index (χ4n) is 2.35. The molecule has 108 valence electrons.